The Kier molecular flexibility index (Phi) is 20.2. The molecule has 12 aromatic carbocycles. The molecule has 0 fully saturated rings. The van der Waals surface area contributed by atoms with E-state index in [9.17, 15) is 0 Å². The summed E-state index contributed by atoms with van der Waals surface area (Å²) >= 11 is 11.0. The Morgan fingerprint density at radius 3 is 0.511 bits per heavy atom. The Balaban J connectivity index is 0.962. The highest BCUT2D eigenvalue weighted by Gasteiger charge is 2.60. The molecule has 0 N–H and O–H groups in total. The van der Waals surface area contributed by atoms with Crippen molar-refractivity contribution in [1.82, 2.24) is 0 Å². The summed E-state index contributed by atoms with van der Waals surface area (Å²) in [4.78, 5) is 32.0. The van der Waals surface area contributed by atoms with Gasteiger partial charge in [-0.05, 0) is 106 Å². The lowest BCUT2D eigenvalue weighted by atomic mass is 9.82. The van der Waals surface area contributed by atoms with Crippen molar-refractivity contribution in [2.24, 2.45) is 20.0 Å². The van der Waals surface area contributed by atoms with Crippen molar-refractivity contribution >= 4 is 93.4 Å². The van der Waals surface area contributed by atoms with Crippen molar-refractivity contribution in [3.63, 3.8) is 0 Å². The van der Waals surface area contributed by atoms with Gasteiger partial charge in [0.15, 0.2) is 0 Å². The smallest absolute Gasteiger partial charge is 0.226 e. The molecule has 2 aliphatic heterocycles. The molecule has 4 nitrogen and oxygen atoms in total. The van der Waals surface area contributed by atoms with Crippen molar-refractivity contribution < 1.29 is 0 Å². The third kappa shape index (κ3) is 15.0. The fraction of sp³-hybridized carbons (Fsp3) is 0.0952. The van der Waals surface area contributed by atoms with Crippen LogP contribution in [-0.2, 0) is 45.8 Å². The second-order valence-corrected chi connectivity index (χ2v) is 29.3. The van der Waals surface area contributed by atoms with E-state index in [2.05, 4.69) is 328 Å². The summed E-state index contributed by atoms with van der Waals surface area (Å²) in [6, 6.07) is 118. The maximum atomic E-state index is 6.25. The number of hydrogen-bond donors (Lipinski definition) is 0. The molecule has 12 aromatic rings. The monoisotopic (exact) mass is 1320 g/mol. The van der Waals surface area contributed by atoms with Crippen molar-refractivity contribution in [2.75, 3.05) is 0 Å². The van der Waals surface area contributed by atoms with E-state index in [0.717, 1.165) is 101 Å². The van der Waals surface area contributed by atoms with Crippen LogP contribution in [0.1, 0.15) is 66.8 Å². The first-order valence-corrected chi connectivity index (χ1v) is 37.4. The number of aliphatic imine (C=N–C) groups is 4. The number of benzene rings is 12. The van der Waals surface area contributed by atoms with Crippen LogP contribution in [0.25, 0.3) is 0 Å². The third-order valence-corrected chi connectivity index (χ3v) is 23.0. The minimum absolute atomic E-state index is 0.779. The summed E-state index contributed by atoms with van der Waals surface area (Å²) in [5, 5.41) is 0. The van der Waals surface area contributed by atoms with Gasteiger partial charge in [-0.3, -0.25) is 0 Å². The zero-order chi connectivity index (χ0) is 63.2. The van der Waals surface area contributed by atoms with Crippen molar-refractivity contribution in [3.05, 3.63) is 394 Å². The van der Waals surface area contributed by atoms with Crippen molar-refractivity contribution in [2.45, 2.75) is 75.2 Å². The molecule has 0 bridgehead atoms. The number of nitrogens with zero attached hydrogens (tertiary/aromatic N) is 4. The molecule has 0 atom stereocenters. The molecule has 2 aliphatic rings. The molecule has 2 heterocycles. The van der Waals surface area contributed by atoms with Gasteiger partial charge in [-0.2, -0.15) is 0 Å². The maximum absolute atomic E-state index is 6.25. The first kappa shape index (κ1) is 62.8. The molecule has 0 spiro atoms. The van der Waals surface area contributed by atoms with Gasteiger partial charge >= 0.3 is 0 Å². The van der Waals surface area contributed by atoms with E-state index in [-0.39, 0.29) is 0 Å². The van der Waals surface area contributed by atoms with Crippen LogP contribution in [0.5, 0.6) is 0 Å². The highest BCUT2D eigenvalue weighted by Crippen LogP contribution is 2.55. The summed E-state index contributed by atoms with van der Waals surface area (Å²) in [5.74, 6) is 5.13. The quantitative estimate of drug-likeness (QED) is 0.0532. The molecule has 0 aromatic heterocycles. The second-order valence-electron chi connectivity index (χ2n) is 23.0. The highest BCUT2D eigenvalue weighted by molar-refractivity contribution is 7.99. The first-order chi connectivity index (χ1) is 46.5. The summed E-state index contributed by atoms with van der Waals surface area (Å²) in [6.07, 6.45) is 0. The molecule has 0 amide bonds. The summed E-state index contributed by atoms with van der Waals surface area (Å²) in [5.41, 5.74) is 13.4. The van der Waals surface area contributed by atoms with Crippen LogP contribution in [0.4, 0.5) is 0 Å². The summed E-state index contributed by atoms with van der Waals surface area (Å²) < 4.78 is 0. The third-order valence-electron chi connectivity index (χ3n) is 16.5. The molecule has 0 saturated carbocycles. The zero-order valence-electron chi connectivity index (χ0n) is 51.7. The maximum Gasteiger partial charge on any atom is 0.226 e. The van der Waals surface area contributed by atoms with E-state index in [1.807, 2.05) is 70.6 Å². The van der Waals surface area contributed by atoms with Gasteiger partial charge in [0.25, 0.3) is 0 Å². The zero-order valence-corrected chi connectivity index (χ0v) is 56.6. The van der Waals surface area contributed by atoms with Gasteiger partial charge in [-0.25, -0.2) is 20.0 Å². The Morgan fingerprint density at radius 2 is 0.340 bits per heavy atom. The second kappa shape index (κ2) is 30.2. The van der Waals surface area contributed by atoms with Crippen LogP contribution in [0.2, 0.25) is 0 Å². The van der Waals surface area contributed by atoms with E-state index >= 15 is 0 Å². The number of rotatable bonds is 25. The van der Waals surface area contributed by atoms with Gasteiger partial charge in [-0.15, -0.1) is 70.6 Å². The van der Waals surface area contributed by atoms with Crippen LogP contribution in [0, 0.1) is 0 Å². The lowest BCUT2D eigenvalue weighted by Gasteiger charge is -2.38. The Morgan fingerprint density at radius 1 is 0.181 bits per heavy atom. The molecule has 0 unspecified atom stereocenters. The molecular weight excluding hydrogens is 1260 g/mol. The summed E-state index contributed by atoms with van der Waals surface area (Å²) in [6.45, 7) is 0. The van der Waals surface area contributed by atoms with Gasteiger partial charge in [0.05, 0.1) is 22.8 Å². The fourth-order valence-electron chi connectivity index (χ4n) is 11.5. The minimum Gasteiger partial charge on any atom is -0.243 e. The van der Waals surface area contributed by atoms with E-state index in [4.69, 9.17) is 20.0 Å². The Bertz CT molecular complexity index is 4070. The predicted octanol–water partition coefficient (Wildman–Crippen LogP) is 22.4. The van der Waals surface area contributed by atoms with E-state index < -0.39 is 11.3 Å². The number of thioether (sulfide) groups is 6. The molecular formula is C84H66N4S6. The minimum atomic E-state index is -1.50. The normalized spacial score (nSPS) is 13.8. The van der Waals surface area contributed by atoms with Crippen molar-refractivity contribution in [1.29, 1.82) is 0 Å². The topological polar surface area (TPSA) is 49.4 Å². The van der Waals surface area contributed by atoms with E-state index in [1.165, 1.54) is 53.0 Å². The van der Waals surface area contributed by atoms with Crippen LogP contribution in [0.15, 0.2) is 377 Å². The Hall–Kier alpha value is -8.58. The van der Waals surface area contributed by atoms with Gasteiger partial charge < -0.3 is 0 Å². The van der Waals surface area contributed by atoms with Crippen LogP contribution in [-0.4, -0.2) is 22.8 Å². The van der Waals surface area contributed by atoms with Crippen LogP contribution >= 0.6 is 70.6 Å². The van der Waals surface area contributed by atoms with Gasteiger partial charge in [0.2, 0.25) is 11.3 Å². The standard InChI is InChI=1S/C84H66N4S6/c1-7-19-61(20-8-1)55-89-73-43-31-67(32-44-73)79-80(68-33-45-74(46-34-68)90-56-62-21-9-2-10-22-62)86-83(85-79,71-39-51-77(52-40-71)93-59-65-27-15-5-16-28-65)84(72-41-53-78(54-42-72)94-60-66-29-17-6-18-30-66)87-81(69-35-47-75(48-36-69)91-57-63-23-11-3-12-24-63)82(88-84)70-37-49-76(50-38-70)92-58-64-25-13-4-14-26-64/h1-54H,55-60H2. The SMILES string of the molecule is c1ccc(CSc2ccc(C3=NC(c4ccc(SCc5ccccc5)cc4)(C4(c5ccc(SCc6ccccc6)cc5)N=C(c5ccc(SCc6ccccc6)cc5)C(c5ccc(SCc6ccccc6)cc5)=N4)N=C3c3ccc(SCc4ccccc4)cc3)cc2)cc1. The van der Waals surface area contributed by atoms with E-state index in [1.54, 1.807) is 0 Å². The lowest BCUT2D eigenvalue weighted by Crippen LogP contribution is -2.43. The fourth-order valence-corrected chi connectivity index (χ4v) is 16.7. The predicted molar refractivity (Wildman–Crippen MR) is 404 cm³/mol. The molecule has 0 radical (unpaired) electrons. The molecule has 10 heteroatoms. The van der Waals surface area contributed by atoms with E-state index in [0.29, 0.717) is 0 Å². The van der Waals surface area contributed by atoms with Gasteiger partial charge in [-0.1, -0.05) is 255 Å². The number of hydrogen-bond acceptors (Lipinski definition) is 10. The summed E-state index contributed by atoms with van der Waals surface area (Å²) in [7, 11) is 0. The largest absolute Gasteiger partial charge is 0.243 e. The first-order valence-electron chi connectivity index (χ1n) is 31.5. The lowest BCUT2D eigenvalue weighted by molar-refractivity contribution is 0.257. The molecule has 458 valence electrons. The van der Waals surface area contributed by atoms with Crippen LogP contribution in [0.3, 0.4) is 0 Å². The van der Waals surface area contributed by atoms with Crippen molar-refractivity contribution in [3.8, 4) is 0 Å². The van der Waals surface area contributed by atoms with Crippen LogP contribution < -0.4 is 0 Å². The molecule has 0 saturated heterocycles. The Labute approximate surface area is 578 Å². The highest BCUT2D eigenvalue weighted by atomic mass is 32.2. The molecule has 94 heavy (non-hydrogen) atoms. The van der Waals surface area contributed by atoms with Gasteiger partial charge in [0.1, 0.15) is 0 Å². The average Bonchev–Trinajstić information content (AvgIpc) is 1.52. The van der Waals surface area contributed by atoms with Gasteiger partial charge in [0, 0.05) is 97.3 Å². The molecule has 0 aliphatic carbocycles. The molecule has 14 rings (SSSR count). The average molecular weight is 1320 g/mol.